The summed E-state index contributed by atoms with van der Waals surface area (Å²) in [5, 5.41) is 3.04. The molecule has 172 valence electrons. The average Bonchev–Trinajstić information content (AvgIpc) is 3.34. The Morgan fingerprint density at radius 1 is 0.969 bits per heavy atom. The number of nitrogens with zero attached hydrogens (tertiary/aromatic N) is 2. The van der Waals surface area contributed by atoms with Crippen molar-refractivity contribution < 1.29 is 13.2 Å². The maximum absolute atomic E-state index is 12.8. The smallest absolute Gasteiger partial charge is 0.223 e. The van der Waals surface area contributed by atoms with E-state index in [4.69, 9.17) is 0 Å². The molecule has 4 rings (SSSR count). The van der Waals surface area contributed by atoms with Crippen LogP contribution in [0.25, 0.3) is 0 Å². The number of rotatable bonds is 7. The molecule has 7 heteroatoms. The van der Waals surface area contributed by atoms with E-state index in [0.717, 1.165) is 29.8 Å². The van der Waals surface area contributed by atoms with Gasteiger partial charge in [0.2, 0.25) is 15.9 Å². The van der Waals surface area contributed by atoms with Gasteiger partial charge in [-0.15, -0.1) is 0 Å². The van der Waals surface area contributed by atoms with Crippen molar-refractivity contribution in [3.05, 3.63) is 65.2 Å². The Morgan fingerprint density at radius 2 is 1.62 bits per heavy atom. The number of piperidine rings is 1. The van der Waals surface area contributed by atoms with Crippen LogP contribution in [0.3, 0.4) is 0 Å². The third kappa shape index (κ3) is 5.51. The molecule has 2 aliphatic rings. The van der Waals surface area contributed by atoms with Gasteiger partial charge in [0, 0.05) is 44.3 Å². The SMILES string of the molecule is Cc1ccccc1CS(=O)(=O)N1CCC(C(=O)NCc2ccc(N3CCCC3)cc2)CC1. The van der Waals surface area contributed by atoms with Crippen molar-refractivity contribution in [3.63, 3.8) is 0 Å². The number of anilines is 1. The second-order valence-electron chi connectivity index (χ2n) is 8.93. The summed E-state index contributed by atoms with van der Waals surface area (Å²) in [6.07, 6.45) is 3.63. The number of hydrogen-bond donors (Lipinski definition) is 1. The Kier molecular flexibility index (Phi) is 7.16. The summed E-state index contributed by atoms with van der Waals surface area (Å²) in [5.41, 5.74) is 4.15. The van der Waals surface area contributed by atoms with Crippen molar-refractivity contribution >= 4 is 21.6 Å². The molecule has 0 unspecified atom stereocenters. The van der Waals surface area contributed by atoms with Crippen LogP contribution in [0, 0.1) is 12.8 Å². The molecule has 0 atom stereocenters. The van der Waals surface area contributed by atoms with Gasteiger partial charge in [-0.2, -0.15) is 0 Å². The highest BCUT2D eigenvalue weighted by Crippen LogP contribution is 2.23. The number of hydrogen-bond acceptors (Lipinski definition) is 4. The molecule has 2 aromatic rings. The summed E-state index contributed by atoms with van der Waals surface area (Å²) in [5.74, 6) is -0.0994. The number of carbonyl (C=O) groups excluding carboxylic acids is 1. The standard InChI is InChI=1S/C25H33N3O3S/c1-20-6-2-3-7-23(20)19-32(30,31)28-16-12-22(13-17-28)25(29)26-18-21-8-10-24(11-9-21)27-14-4-5-15-27/h2-3,6-11,22H,4-5,12-19H2,1H3,(H,26,29). The van der Waals surface area contributed by atoms with Crippen molar-refractivity contribution in [2.24, 2.45) is 5.92 Å². The van der Waals surface area contributed by atoms with E-state index < -0.39 is 10.0 Å². The number of carbonyl (C=O) groups is 1. The minimum atomic E-state index is -3.38. The van der Waals surface area contributed by atoms with E-state index in [9.17, 15) is 13.2 Å². The molecule has 0 aromatic heterocycles. The van der Waals surface area contributed by atoms with E-state index in [0.29, 0.717) is 32.5 Å². The van der Waals surface area contributed by atoms with Gasteiger partial charge in [0.1, 0.15) is 0 Å². The quantitative estimate of drug-likeness (QED) is 0.694. The summed E-state index contributed by atoms with van der Waals surface area (Å²) < 4.78 is 27.2. The van der Waals surface area contributed by atoms with Crippen LogP contribution in [0.15, 0.2) is 48.5 Å². The van der Waals surface area contributed by atoms with Crippen molar-refractivity contribution in [2.45, 2.75) is 44.9 Å². The lowest BCUT2D eigenvalue weighted by atomic mass is 9.97. The molecule has 2 fully saturated rings. The maximum Gasteiger partial charge on any atom is 0.223 e. The highest BCUT2D eigenvalue weighted by atomic mass is 32.2. The van der Waals surface area contributed by atoms with E-state index in [2.05, 4.69) is 34.5 Å². The van der Waals surface area contributed by atoms with Crippen LogP contribution in [0.5, 0.6) is 0 Å². The molecule has 1 amide bonds. The molecule has 32 heavy (non-hydrogen) atoms. The van der Waals surface area contributed by atoms with Crippen LogP contribution in [0.4, 0.5) is 5.69 Å². The summed E-state index contributed by atoms with van der Waals surface area (Å²) in [7, 11) is -3.38. The zero-order valence-corrected chi connectivity index (χ0v) is 19.6. The molecule has 2 saturated heterocycles. The van der Waals surface area contributed by atoms with E-state index in [1.165, 1.54) is 18.5 Å². The first kappa shape index (κ1) is 22.8. The van der Waals surface area contributed by atoms with Gasteiger partial charge in [0.25, 0.3) is 0 Å². The molecular formula is C25H33N3O3S. The van der Waals surface area contributed by atoms with Gasteiger partial charge in [-0.1, -0.05) is 36.4 Å². The number of amides is 1. The molecule has 2 heterocycles. The molecule has 2 aliphatic heterocycles. The molecule has 0 saturated carbocycles. The topological polar surface area (TPSA) is 69.7 Å². The molecule has 0 radical (unpaired) electrons. The number of aryl methyl sites for hydroxylation is 1. The Balaban J connectivity index is 1.25. The second kappa shape index (κ2) is 10.0. The molecule has 0 aliphatic carbocycles. The van der Waals surface area contributed by atoms with Gasteiger partial charge in [0.15, 0.2) is 0 Å². The number of benzene rings is 2. The zero-order valence-electron chi connectivity index (χ0n) is 18.8. The molecule has 0 spiro atoms. The van der Waals surface area contributed by atoms with E-state index in [1.54, 1.807) is 4.31 Å². The summed E-state index contributed by atoms with van der Waals surface area (Å²) >= 11 is 0. The largest absolute Gasteiger partial charge is 0.372 e. The Hall–Kier alpha value is -2.38. The van der Waals surface area contributed by atoms with Crippen LogP contribution in [0.1, 0.15) is 42.4 Å². The van der Waals surface area contributed by atoms with E-state index in [-0.39, 0.29) is 17.6 Å². The highest BCUT2D eigenvalue weighted by Gasteiger charge is 2.31. The van der Waals surface area contributed by atoms with Crippen LogP contribution < -0.4 is 10.2 Å². The van der Waals surface area contributed by atoms with Crippen molar-refractivity contribution in [1.29, 1.82) is 0 Å². The van der Waals surface area contributed by atoms with Crippen LogP contribution in [-0.2, 0) is 27.1 Å². The Labute approximate surface area is 191 Å². The van der Waals surface area contributed by atoms with Gasteiger partial charge in [-0.05, 0) is 61.4 Å². The number of nitrogens with one attached hydrogen (secondary N) is 1. The predicted octanol–water partition coefficient (Wildman–Crippen LogP) is 3.45. The van der Waals surface area contributed by atoms with Crippen molar-refractivity contribution in [2.75, 3.05) is 31.1 Å². The molecular weight excluding hydrogens is 422 g/mol. The second-order valence-corrected chi connectivity index (χ2v) is 10.9. The van der Waals surface area contributed by atoms with Gasteiger partial charge in [0.05, 0.1) is 5.75 Å². The molecule has 2 aromatic carbocycles. The lowest BCUT2D eigenvalue weighted by Gasteiger charge is -2.30. The minimum Gasteiger partial charge on any atom is -0.372 e. The average molecular weight is 456 g/mol. The Morgan fingerprint density at radius 3 is 2.28 bits per heavy atom. The van der Waals surface area contributed by atoms with Crippen LogP contribution in [0.2, 0.25) is 0 Å². The first-order chi connectivity index (χ1) is 15.4. The lowest BCUT2D eigenvalue weighted by Crippen LogP contribution is -2.43. The maximum atomic E-state index is 12.8. The zero-order chi connectivity index (χ0) is 22.6. The third-order valence-corrected chi connectivity index (χ3v) is 8.52. The van der Waals surface area contributed by atoms with Gasteiger partial charge in [-0.3, -0.25) is 4.79 Å². The summed E-state index contributed by atoms with van der Waals surface area (Å²) in [6, 6.07) is 16.0. The first-order valence-electron chi connectivity index (χ1n) is 11.6. The third-order valence-electron chi connectivity index (χ3n) is 6.69. The van der Waals surface area contributed by atoms with Gasteiger partial charge >= 0.3 is 0 Å². The van der Waals surface area contributed by atoms with Gasteiger partial charge in [-0.25, -0.2) is 12.7 Å². The van der Waals surface area contributed by atoms with Crippen molar-refractivity contribution in [1.82, 2.24) is 9.62 Å². The summed E-state index contributed by atoms with van der Waals surface area (Å²) in [4.78, 5) is 15.0. The van der Waals surface area contributed by atoms with Gasteiger partial charge < -0.3 is 10.2 Å². The molecule has 0 bridgehead atoms. The molecule has 6 nitrogen and oxygen atoms in total. The van der Waals surface area contributed by atoms with E-state index >= 15 is 0 Å². The fourth-order valence-corrected chi connectivity index (χ4v) is 6.26. The summed E-state index contributed by atoms with van der Waals surface area (Å²) in [6.45, 7) is 5.48. The van der Waals surface area contributed by atoms with E-state index in [1.807, 2.05) is 31.2 Å². The van der Waals surface area contributed by atoms with Crippen molar-refractivity contribution in [3.8, 4) is 0 Å². The van der Waals surface area contributed by atoms with Crippen LogP contribution in [-0.4, -0.2) is 44.8 Å². The first-order valence-corrected chi connectivity index (χ1v) is 13.2. The predicted molar refractivity (Wildman–Crippen MR) is 128 cm³/mol. The Bertz CT molecular complexity index is 1020. The highest BCUT2D eigenvalue weighted by molar-refractivity contribution is 7.88. The number of sulfonamides is 1. The fourth-order valence-electron chi connectivity index (χ4n) is 4.59. The normalized spacial score (nSPS) is 18.1. The lowest BCUT2D eigenvalue weighted by molar-refractivity contribution is -0.126. The molecule has 1 N–H and O–H groups in total. The monoisotopic (exact) mass is 455 g/mol. The fraction of sp³-hybridized carbons (Fsp3) is 0.480. The minimum absolute atomic E-state index is 0.0178. The van der Waals surface area contributed by atoms with Crippen LogP contribution >= 0.6 is 0 Å².